The average molecular weight is 480 g/mol. The summed E-state index contributed by atoms with van der Waals surface area (Å²) in [5.41, 5.74) is 3.09. The van der Waals surface area contributed by atoms with Crippen LogP contribution in [0.2, 0.25) is 5.02 Å². The highest BCUT2D eigenvalue weighted by Gasteiger charge is 2.23. The predicted molar refractivity (Wildman–Crippen MR) is 122 cm³/mol. The van der Waals surface area contributed by atoms with Crippen molar-refractivity contribution >= 4 is 44.6 Å². The Kier molecular flexibility index (Phi) is 7.66. The molecule has 3 rings (SSSR count). The SMILES string of the molecule is CCN(CC)S(=O)(=O)c1ccc(Cl)c(NC(=O)c2cccc(OCc3cscn3)c2)c1. The number of benzene rings is 2. The van der Waals surface area contributed by atoms with Crippen molar-refractivity contribution in [3.05, 3.63) is 69.6 Å². The Hall–Kier alpha value is -2.46. The van der Waals surface area contributed by atoms with Crippen molar-refractivity contribution in [2.45, 2.75) is 25.3 Å². The molecule has 0 aliphatic rings. The number of anilines is 1. The van der Waals surface area contributed by atoms with E-state index in [-0.39, 0.29) is 15.6 Å². The summed E-state index contributed by atoms with van der Waals surface area (Å²) in [4.78, 5) is 17.0. The van der Waals surface area contributed by atoms with Crippen molar-refractivity contribution in [1.82, 2.24) is 9.29 Å². The van der Waals surface area contributed by atoms with E-state index < -0.39 is 15.9 Å². The third-order valence-electron chi connectivity index (χ3n) is 4.50. The number of carbonyl (C=O) groups is 1. The predicted octanol–water partition coefficient (Wildman–Crippen LogP) is 4.66. The molecule has 7 nitrogen and oxygen atoms in total. The highest BCUT2D eigenvalue weighted by atomic mass is 35.5. The van der Waals surface area contributed by atoms with E-state index in [2.05, 4.69) is 10.3 Å². The second kappa shape index (κ2) is 10.2. The van der Waals surface area contributed by atoms with Gasteiger partial charge in [0.05, 0.1) is 26.8 Å². The zero-order valence-corrected chi connectivity index (χ0v) is 19.4. The number of sulfonamides is 1. The highest BCUT2D eigenvalue weighted by Crippen LogP contribution is 2.28. The van der Waals surface area contributed by atoms with Crippen LogP contribution in [0.3, 0.4) is 0 Å². The van der Waals surface area contributed by atoms with Crippen molar-refractivity contribution in [2.24, 2.45) is 0 Å². The van der Waals surface area contributed by atoms with Gasteiger partial charge in [0, 0.05) is 24.0 Å². The van der Waals surface area contributed by atoms with Crippen LogP contribution in [0.1, 0.15) is 29.9 Å². The number of nitrogens with zero attached hydrogens (tertiary/aromatic N) is 2. The van der Waals surface area contributed by atoms with E-state index >= 15 is 0 Å². The van der Waals surface area contributed by atoms with Gasteiger partial charge in [-0.15, -0.1) is 11.3 Å². The normalized spacial score (nSPS) is 11.5. The van der Waals surface area contributed by atoms with Gasteiger partial charge in [0.1, 0.15) is 12.4 Å². The maximum Gasteiger partial charge on any atom is 0.255 e. The molecule has 0 aliphatic carbocycles. The van der Waals surface area contributed by atoms with Gasteiger partial charge in [-0.2, -0.15) is 4.31 Å². The van der Waals surface area contributed by atoms with Crippen LogP contribution in [0.4, 0.5) is 5.69 Å². The molecule has 1 N–H and O–H groups in total. The molecule has 0 aliphatic heterocycles. The quantitative estimate of drug-likeness (QED) is 0.482. The molecule has 0 fully saturated rings. The molecule has 0 unspecified atom stereocenters. The first-order chi connectivity index (χ1) is 14.8. The Morgan fingerprint density at radius 2 is 1.97 bits per heavy atom. The number of hydrogen-bond acceptors (Lipinski definition) is 6. The van der Waals surface area contributed by atoms with Gasteiger partial charge in [0.2, 0.25) is 10.0 Å². The Bertz CT molecular complexity index is 1150. The maximum absolute atomic E-state index is 12.8. The zero-order valence-electron chi connectivity index (χ0n) is 17.0. The number of thiazole rings is 1. The second-order valence-electron chi connectivity index (χ2n) is 6.48. The smallest absolute Gasteiger partial charge is 0.255 e. The molecule has 0 radical (unpaired) electrons. The number of aromatic nitrogens is 1. The van der Waals surface area contributed by atoms with E-state index in [4.69, 9.17) is 16.3 Å². The van der Waals surface area contributed by atoms with Crippen LogP contribution in [0.25, 0.3) is 0 Å². The van der Waals surface area contributed by atoms with Crippen molar-refractivity contribution < 1.29 is 17.9 Å². The fourth-order valence-corrected chi connectivity index (χ4v) is 5.05. The summed E-state index contributed by atoms with van der Waals surface area (Å²) in [6, 6.07) is 10.9. The van der Waals surface area contributed by atoms with Crippen molar-refractivity contribution in [3.63, 3.8) is 0 Å². The number of halogens is 1. The number of rotatable bonds is 9. The van der Waals surface area contributed by atoms with Gasteiger partial charge >= 0.3 is 0 Å². The molecule has 0 saturated heterocycles. The number of nitrogens with one attached hydrogen (secondary N) is 1. The van der Waals surface area contributed by atoms with Crippen molar-refractivity contribution in [2.75, 3.05) is 18.4 Å². The van der Waals surface area contributed by atoms with Crippen LogP contribution in [-0.4, -0.2) is 36.7 Å². The summed E-state index contributed by atoms with van der Waals surface area (Å²) in [5.74, 6) is 0.0861. The monoisotopic (exact) mass is 479 g/mol. The molecule has 1 heterocycles. The van der Waals surface area contributed by atoms with Crippen LogP contribution in [0.5, 0.6) is 5.75 Å². The maximum atomic E-state index is 12.8. The van der Waals surface area contributed by atoms with Gasteiger partial charge in [-0.1, -0.05) is 31.5 Å². The largest absolute Gasteiger partial charge is 0.487 e. The molecule has 2 aromatic carbocycles. The van der Waals surface area contributed by atoms with Crippen molar-refractivity contribution in [1.29, 1.82) is 0 Å². The first kappa shape index (κ1) is 23.2. The molecule has 1 aromatic heterocycles. The lowest BCUT2D eigenvalue weighted by Gasteiger charge is -2.19. The number of hydrogen-bond donors (Lipinski definition) is 1. The lowest BCUT2D eigenvalue weighted by Crippen LogP contribution is -2.30. The molecular formula is C21H22ClN3O4S2. The Balaban J connectivity index is 1.78. The number of amides is 1. The molecule has 3 aromatic rings. The van der Waals surface area contributed by atoms with Crippen LogP contribution in [0.15, 0.2) is 58.3 Å². The van der Waals surface area contributed by atoms with Gasteiger partial charge in [0.25, 0.3) is 5.91 Å². The van der Waals surface area contributed by atoms with Gasteiger partial charge in [-0.25, -0.2) is 13.4 Å². The minimum atomic E-state index is -3.68. The zero-order chi connectivity index (χ0) is 22.4. The molecular weight excluding hydrogens is 458 g/mol. The summed E-state index contributed by atoms with van der Waals surface area (Å²) in [6.45, 7) is 4.52. The van der Waals surface area contributed by atoms with E-state index in [1.165, 1.54) is 33.8 Å². The standard InChI is InChI=1S/C21H22ClN3O4S2/c1-3-25(4-2)31(27,28)18-8-9-19(22)20(11-18)24-21(26)15-6-5-7-17(10-15)29-12-16-13-30-14-23-16/h5-11,13-14H,3-4,12H2,1-2H3,(H,24,26). The summed E-state index contributed by atoms with van der Waals surface area (Å²) in [6.07, 6.45) is 0. The summed E-state index contributed by atoms with van der Waals surface area (Å²) < 4.78 is 32.6. The van der Waals surface area contributed by atoms with Crippen molar-refractivity contribution in [3.8, 4) is 5.75 Å². The Morgan fingerprint density at radius 1 is 1.19 bits per heavy atom. The lowest BCUT2D eigenvalue weighted by atomic mass is 10.2. The van der Waals surface area contributed by atoms with Gasteiger partial charge in [-0.3, -0.25) is 4.79 Å². The van der Waals surface area contributed by atoms with E-state index in [0.717, 1.165) is 5.69 Å². The number of ether oxygens (including phenoxy) is 1. The molecule has 0 spiro atoms. The topological polar surface area (TPSA) is 88.6 Å². The summed E-state index contributed by atoms with van der Waals surface area (Å²) >= 11 is 7.69. The third-order valence-corrected chi connectivity index (χ3v) is 7.51. The van der Waals surface area contributed by atoms with Crippen LogP contribution < -0.4 is 10.1 Å². The van der Waals surface area contributed by atoms with Gasteiger partial charge in [-0.05, 0) is 36.4 Å². The molecule has 0 atom stereocenters. The van der Waals surface area contributed by atoms with E-state index in [1.54, 1.807) is 43.6 Å². The average Bonchev–Trinajstić information content (AvgIpc) is 3.28. The molecule has 164 valence electrons. The minimum absolute atomic E-state index is 0.0660. The first-order valence-corrected chi connectivity index (χ1v) is 12.3. The second-order valence-corrected chi connectivity index (χ2v) is 9.55. The molecule has 10 heteroatoms. The van der Waals surface area contributed by atoms with Crippen LogP contribution in [0, 0.1) is 0 Å². The molecule has 31 heavy (non-hydrogen) atoms. The molecule has 0 saturated carbocycles. The minimum Gasteiger partial charge on any atom is -0.487 e. The number of carbonyl (C=O) groups excluding carboxylic acids is 1. The Morgan fingerprint density at radius 3 is 2.65 bits per heavy atom. The van der Waals surface area contributed by atoms with Gasteiger partial charge < -0.3 is 10.1 Å². The highest BCUT2D eigenvalue weighted by molar-refractivity contribution is 7.89. The molecule has 0 bridgehead atoms. The van der Waals surface area contributed by atoms with E-state index in [0.29, 0.717) is 31.0 Å². The van der Waals surface area contributed by atoms with Crippen LogP contribution >= 0.6 is 22.9 Å². The summed E-state index contributed by atoms with van der Waals surface area (Å²) in [7, 11) is -3.68. The molecule has 1 amide bonds. The summed E-state index contributed by atoms with van der Waals surface area (Å²) in [5, 5.41) is 4.82. The van der Waals surface area contributed by atoms with E-state index in [9.17, 15) is 13.2 Å². The third kappa shape index (κ3) is 5.62. The fourth-order valence-electron chi connectivity index (χ4n) is 2.86. The lowest BCUT2D eigenvalue weighted by molar-refractivity contribution is 0.102. The van der Waals surface area contributed by atoms with Gasteiger partial charge in [0.15, 0.2) is 0 Å². The first-order valence-electron chi connectivity index (χ1n) is 9.56. The van der Waals surface area contributed by atoms with Crippen LogP contribution in [-0.2, 0) is 16.6 Å². The van der Waals surface area contributed by atoms with E-state index in [1.807, 2.05) is 5.38 Å². The fraction of sp³-hybridized carbons (Fsp3) is 0.238. The Labute approximate surface area is 190 Å².